The zero-order valence-corrected chi connectivity index (χ0v) is 8.73. The third-order valence-electron chi connectivity index (χ3n) is 2.21. The minimum Gasteiger partial charge on any atom is -0.330 e. The summed E-state index contributed by atoms with van der Waals surface area (Å²) in [5.74, 6) is -0.506. The fraction of sp³-hybridized carbons (Fsp3) is 0.900. The lowest BCUT2D eigenvalue weighted by Gasteiger charge is -2.00. The van der Waals surface area contributed by atoms with Gasteiger partial charge in [0.05, 0.1) is 0 Å². The van der Waals surface area contributed by atoms with Crippen molar-refractivity contribution >= 4 is 5.91 Å². The van der Waals surface area contributed by atoms with Crippen LogP contribution in [0.4, 0.5) is 4.48 Å². The van der Waals surface area contributed by atoms with Crippen LogP contribution in [-0.4, -0.2) is 12.5 Å². The number of halogens is 1. The number of unbranched alkanes of at least 4 members (excludes halogenated alkanes) is 6. The first-order valence-electron chi connectivity index (χ1n) is 5.40. The van der Waals surface area contributed by atoms with Crippen LogP contribution in [0.3, 0.4) is 0 Å². The van der Waals surface area contributed by atoms with E-state index >= 15 is 0 Å². The number of hydrogen-bond acceptors (Lipinski definition) is 2. The Morgan fingerprint density at radius 3 is 2.00 bits per heavy atom. The van der Waals surface area contributed by atoms with Crippen LogP contribution < -0.4 is 11.3 Å². The van der Waals surface area contributed by atoms with Crippen LogP contribution in [0, 0.1) is 0 Å². The topological polar surface area (TPSA) is 55.1 Å². The Labute approximate surface area is 85.2 Å². The van der Waals surface area contributed by atoms with Gasteiger partial charge >= 0.3 is 0 Å². The molecule has 0 fully saturated rings. The van der Waals surface area contributed by atoms with Gasteiger partial charge in [-0.2, -0.15) is 5.54 Å². The van der Waals surface area contributed by atoms with E-state index in [1.54, 1.807) is 0 Å². The van der Waals surface area contributed by atoms with Crippen molar-refractivity contribution in [2.45, 2.75) is 51.4 Å². The van der Waals surface area contributed by atoms with Gasteiger partial charge in [-0.1, -0.05) is 32.1 Å². The molecule has 3 nitrogen and oxygen atoms in total. The molecule has 0 spiro atoms. The highest BCUT2D eigenvalue weighted by atomic mass is 19.2. The van der Waals surface area contributed by atoms with Crippen LogP contribution in [0.1, 0.15) is 51.4 Å². The normalized spacial score (nSPS) is 10.1. The molecule has 4 heteroatoms. The van der Waals surface area contributed by atoms with Crippen LogP contribution in [-0.2, 0) is 4.79 Å². The molecule has 0 atom stereocenters. The highest BCUT2D eigenvalue weighted by Gasteiger charge is 1.98. The lowest BCUT2D eigenvalue weighted by Crippen LogP contribution is -2.12. The number of hydrogen-bond donors (Lipinski definition) is 2. The standard InChI is InChI=1S/C10H21FN2O/c11-13-10(14)8-6-4-2-1-3-5-7-9-12/h1-9,12H2,(H,13,14). The first kappa shape index (κ1) is 13.4. The largest absolute Gasteiger partial charge is 0.330 e. The van der Waals surface area contributed by atoms with Crippen LogP contribution in [0.25, 0.3) is 0 Å². The van der Waals surface area contributed by atoms with Crippen molar-refractivity contribution in [2.75, 3.05) is 6.54 Å². The monoisotopic (exact) mass is 204 g/mol. The van der Waals surface area contributed by atoms with Crippen molar-refractivity contribution in [3.8, 4) is 0 Å². The molecule has 1 amide bonds. The van der Waals surface area contributed by atoms with Crippen LogP contribution in [0.15, 0.2) is 0 Å². The molecule has 14 heavy (non-hydrogen) atoms. The molecule has 84 valence electrons. The number of amides is 1. The van der Waals surface area contributed by atoms with Crippen LogP contribution in [0.5, 0.6) is 0 Å². The highest BCUT2D eigenvalue weighted by Crippen LogP contribution is 2.07. The van der Waals surface area contributed by atoms with Crippen LogP contribution in [0.2, 0.25) is 0 Å². The summed E-state index contributed by atoms with van der Waals surface area (Å²) in [6, 6.07) is 0. The summed E-state index contributed by atoms with van der Waals surface area (Å²) < 4.78 is 11.5. The average molecular weight is 204 g/mol. The highest BCUT2D eigenvalue weighted by molar-refractivity contribution is 5.74. The maximum atomic E-state index is 11.5. The number of rotatable bonds is 9. The summed E-state index contributed by atoms with van der Waals surface area (Å²) in [5.41, 5.74) is 6.49. The van der Waals surface area contributed by atoms with E-state index in [4.69, 9.17) is 5.73 Å². The minimum atomic E-state index is -0.506. The molecule has 0 aromatic carbocycles. The zero-order valence-electron chi connectivity index (χ0n) is 8.73. The van der Waals surface area contributed by atoms with E-state index in [0.717, 1.165) is 37.8 Å². The molecular weight excluding hydrogens is 183 g/mol. The van der Waals surface area contributed by atoms with Gasteiger partial charge in [0.25, 0.3) is 0 Å². The Hall–Kier alpha value is -0.640. The maximum absolute atomic E-state index is 11.5. The van der Waals surface area contributed by atoms with E-state index in [9.17, 15) is 9.28 Å². The van der Waals surface area contributed by atoms with E-state index in [-0.39, 0.29) is 0 Å². The van der Waals surface area contributed by atoms with Gasteiger partial charge in [0.2, 0.25) is 5.91 Å². The SMILES string of the molecule is NCCCCCCCCCC(=O)NF. The summed E-state index contributed by atoms with van der Waals surface area (Å²) in [6.07, 6.45) is 7.93. The quantitative estimate of drug-likeness (QED) is 0.446. The molecular formula is C10H21FN2O. The first-order chi connectivity index (χ1) is 6.81. The molecule has 0 bridgehead atoms. The molecule has 3 N–H and O–H groups in total. The molecule has 0 rings (SSSR count). The second-order valence-electron chi connectivity index (χ2n) is 3.53. The predicted octanol–water partition coefficient (Wildman–Crippen LogP) is 2.07. The summed E-state index contributed by atoms with van der Waals surface area (Å²) in [7, 11) is 0. The van der Waals surface area contributed by atoms with Gasteiger partial charge in [-0.15, -0.1) is 4.48 Å². The molecule has 0 unspecified atom stereocenters. The molecule has 0 aliphatic carbocycles. The first-order valence-corrected chi connectivity index (χ1v) is 5.40. The Bertz CT molecular complexity index is 142. The van der Waals surface area contributed by atoms with Gasteiger partial charge in [0.1, 0.15) is 0 Å². The number of nitrogens with one attached hydrogen (secondary N) is 1. The molecule has 0 aromatic heterocycles. The van der Waals surface area contributed by atoms with Gasteiger partial charge < -0.3 is 5.73 Å². The van der Waals surface area contributed by atoms with Gasteiger partial charge in [0.15, 0.2) is 0 Å². The van der Waals surface area contributed by atoms with Gasteiger partial charge in [0, 0.05) is 6.42 Å². The predicted molar refractivity (Wildman–Crippen MR) is 55.2 cm³/mol. The molecule has 0 heterocycles. The van der Waals surface area contributed by atoms with Gasteiger partial charge in [-0.25, -0.2) is 0 Å². The molecule has 0 radical (unpaired) electrons. The van der Waals surface area contributed by atoms with Crippen molar-refractivity contribution in [3.05, 3.63) is 0 Å². The second kappa shape index (κ2) is 10.4. The number of carbonyl (C=O) groups is 1. The van der Waals surface area contributed by atoms with E-state index in [0.29, 0.717) is 6.42 Å². The van der Waals surface area contributed by atoms with Crippen molar-refractivity contribution in [2.24, 2.45) is 5.73 Å². The summed E-state index contributed by atoms with van der Waals surface area (Å²) >= 11 is 0. The Balaban J connectivity index is 2.95. The molecule has 0 saturated heterocycles. The van der Waals surface area contributed by atoms with E-state index in [1.807, 2.05) is 0 Å². The summed E-state index contributed by atoms with van der Waals surface area (Å²) in [5, 5.41) is 0. The zero-order chi connectivity index (χ0) is 10.6. The third-order valence-corrected chi connectivity index (χ3v) is 2.21. The van der Waals surface area contributed by atoms with Crippen molar-refractivity contribution in [3.63, 3.8) is 0 Å². The van der Waals surface area contributed by atoms with Crippen molar-refractivity contribution < 1.29 is 9.28 Å². The van der Waals surface area contributed by atoms with Crippen molar-refractivity contribution in [1.82, 2.24) is 5.54 Å². The third kappa shape index (κ3) is 9.45. The summed E-state index contributed by atoms with van der Waals surface area (Å²) in [6.45, 7) is 0.774. The van der Waals surface area contributed by atoms with E-state index in [1.165, 1.54) is 19.3 Å². The Kier molecular flexibility index (Phi) is 9.96. The molecule has 0 aromatic rings. The Morgan fingerprint density at radius 2 is 1.50 bits per heavy atom. The lowest BCUT2D eigenvalue weighted by molar-refractivity contribution is -0.125. The van der Waals surface area contributed by atoms with Crippen LogP contribution >= 0.6 is 0 Å². The smallest absolute Gasteiger partial charge is 0.247 e. The fourth-order valence-electron chi connectivity index (χ4n) is 1.36. The molecule has 0 aliphatic heterocycles. The molecule has 0 saturated carbocycles. The van der Waals surface area contributed by atoms with Crippen molar-refractivity contribution in [1.29, 1.82) is 0 Å². The molecule has 0 aliphatic rings. The maximum Gasteiger partial charge on any atom is 0.247 e. The fourth-order valence-corrected chi connectivity index (χ4v) is 1.36. The summed E-state index contributed by atoms with van der Waals surface area (Å²) in [4.78, 5) is 10.5. The average Bonchev–Trinajstić information content (AvgIpc) is 2.21. The van der Waals surface area contributed by atoms with E-state index < -0.39 is 5.91 Å². The van der Waals surface area contributed by atoms with Gasteiger partial charge in [-0.05, 0) is 19.4 Å². The second-order valence-corrected chi connectivity index (χ2v) is 3.53. The number of carbonyl (C=O) groups excluding carboxylic acids is 1. The van der Waals surface area contributed by atoms with Gasteiger partial charge in [-0.3, -0.25) is 4.79 Å². The minimum absolute atomic E-state index is 0.305. The Morgan fingerprint density at radius 1 is 1.00 bits per heavy atom. The number of nitrogens with two attached hydrogens (primary N) is 1. The lowest BCUT2D eigenvalue weighted by atomic mass is 10.1. The van der Waals surface area contributed by atoms with E-state index in [2.05, 4.69) is 0 Å².